The summed E-state index contributed by atoms with van der Waals surface area (Å²) in [5.74, 6) is -1.13. The van der Waals surface area contributed by atoms with E-state index in [1.165, 1.54) is 19.1 Å². The Hall–Kier alpha value is -4.51. The summed E-state index contributed by atoms with van der Waals surface area (Å²) in [7, 11) is 0. The number of aliphatic hydroxyl groups is 1. The Bertz CT molecular complexity index is 1840. The van der Waals surface area contributed by atoms with Crippen molar-refractivity contribution < 1.29 is 41.0 Å². The molecule has 1 N–H and O–H groups in total. The number of fused-ring (bicyclic) bond motifs is 1. The number of benzene rings is 1. The number of hydrogen-bond donors (Lipinski definition) is 1. The number of carbonyl (C=O) groups is 1. The summed E-state index contributed by atoms with van der Waals surface area (Å²) in [6.07, 6.45) is -0.525. The molecule has 262 valence electrons. The summed E-state index contributed by atoms with van der Waals surface area (Å²) < 4.78 is 91.7. The summed E-state index contributed by atoms with van der Waals surface area (Å²) in [5, 5.41) is 19.7. The Morgan fingerprint density at radius 3 is 2.51 bits per heavy atom. The van der Waals surface area contributed by atoms with Crippen LogP contribution in [0.25, 0.3) is 22.3 Å². The average molecular weight is 693 g/mol. The molecule has 3 aromatic heterocycles. The van der Waals surface area contributed by atoms with Crippen LogP contribution in [0.3, 0.4) is 0 Å². The molecular formula is C32H34F6N8O3. The molecule has 2 aliphatic heterocycles. The van der Waals surface area contributed by atoms with Gasteiger partial charge in [-0.1, -0.05) is 11.8 Å². The van der Waals surface area contributed by atoms with Gasteiger partial charge in [0, 0.05) is 38.3 Å². The highest BCUT2D eigenvalue weighted by Gasteiger charge is 2.63. The third kappa shape index (κ3) is 6.48. The average Bonchev–Trinajstić information content (AvgIpc) is 3.65. The molecule has 4 aromatic rings. The minimum atomic E-state index is -4.47. The summed E-state index contributed by atoms with van der Waals surface area (Å²) >= 11 is 0. The lowest BCUT2D eigenvalue weighted by Gasteiger charge is -2.52. The van der Waals surface area contributed by atoms with E-state index >= 15 is 0 Å². The quantitative estimate of drug-likeness (QED) is 0.182. The van der Waals surface area contributed by atoms with Crippen molar-refractivity contribution in [1.29, 1.82) is 0 Å². The molecule has 2 fully saturated rings. The van der Waals surface area contributed by atoms with Crippen molar-refractivity contribution in [3.8, 4) is 17.0 Å². The van der Waals surface area contributed by atoms with Crippen molar-refractivity contribution in [2.45, 2.75) is 51.1 Å². The summed E-state index contributed by atoms with van der Waals surface area (Å²) in [5.41, 5.74) is -1.91. The van der Waals surface area contributed by atoms with Crippen molar-refractivity contribution in [3.63, 3.8) is 0 Å². The third-order valence-electron chi connectivity index (χ3n) is 9.34. The molecule has 11 nitrogen and oxygen atoms in total. The smallest absolute Gasteiger partial charge is 0.399 e. The zero-order chi connectivity index (χ0) is 35.3. The summed E-state index contributed by atoms with van der Waals surface area (Å²) in [6.45, 7) is 2.92. The number of carbonyl (C=O) groups excluding carboxylic acids is 1. The molecule has 1 aromatic carbocycles. The molecular weight excluding hydrogens is 658 g/mol. The van der Waals surface area contributed by atoms with Crippen LogP contribution in [-0.4, -0.2) is 95.8 Å². The number of piperidine rings is 1. The number of imidazole rings is 1. The fourth-order valence-electron chi connectivity index (χ4n) is 6.56. The van der Waals surface area contributed by atoms with E-state index in [9.17, 15) is 36.2 Å². The van der Waals surface area contributed by atoms with Crippen molar-refractivity contribution in [2.75, 3.05) is 39.3 Å². The second-order valence-corrected chi connectivity index (χ2v) is 12.8. The van der Waals surface area contributed by atoms with Crippen molar-refractivity contribution >= 4 is 16.9 Å². The number of ether oxygens (including phenoxy) is 1. The zero-order valence-electron chi connectivity index (χ0n) is 26.7. The first-order chi connectivity index (χ1) is 23.1. The van der Waals surface area contributed by atoms with Crippen molar-refractivity contribution in [3.05, 3.63) is 66.6 Å². The normalized spacial score (nSPS) is 18.4. The van der Waals surface area contributed by atoms with Crippen LogP contribution in [0.5, 0.6) is 5.75 Å². The van der Waals surface area contributed by atoms with Crippen LogP contribution < -0.4 is 4.74 Å². The van der Waals surface area contributed by atoms with Crippen molar-refractivity contribution in [2.24, 2.45) is 5.41 Å². The Morgan fingerprint density at radius 1 is 1.18 bits per heavy atom. The van der Waals surface area contributed by atoms with Gasteiger partial charge in [-0.05, 0) is 57.0 Å². The molecule has 0 aliphatic carbocycles. The Balaban J connectivity index is 1.20. The lowest BCUT2D eigenvalue weighted by Crippen LogP contribution is -2.68. The minimum absolute atomic E-state index is 0.0147. The fraction of sp³-hybridized carbons (Fsp3) is 0.469. The van der Waals surface area contributed by atoms with Gasteiger partial charge in [-0.2, -0.15) is 22.0 Å². The summed E-state index contributed by atoms with van der Waals surface area (Å²) in [4.78, 5) is 22.8. The second-order valence-electron chi connectivity index (χ2n) is 12.8. The zero-order valence-corrected chi connectivity index (χ0v) is 26.7. The number of nitrogens with zero attached hydrogens (tertiary/aromatic N) is 8. The number of hydrogen-bond acceptors (Lipinski definition) is 8. The number of rotatable bonds is 10. The number of pyridine rings is 1. The van der Waals surface area contributed by atoms with Gasteiger partial charge in [-0.3, -0.25) is 14.3 Å². The molecule has 0 radical (unpaired) electrons. The first kappa shape index (κ1) is 34.4. The maximum absolute atomic E-state index is 14.1. The van der Waals surface area contributed by atoms with E-state index in [2.05, 4.69) is 26.9 Å². The lowest BCUT2D eigenvalue weighted by molar-refractivity contribution is -0.268. The van der Waals surface area contributed by atoms with E-state index in [-0.39, 0.29) is 35.1 Å². The van der Waals surface area contributed by atoms with E-state index in [1.807, 2.05) is 0 Å². The maximum atomic E-state index is 14.1. The summed E-state index contributed by atoms with van der Waals surface area (Å²) in [6, 6.07) is 5.33. The van der Waals surface area contributed by atoms with Gasteiger partial charge in [0.15, 0.2) is 0 Å². The van der Waals surface area contributed by atoms with Crippen LogP contribution in [0.15, 0.2) is 49.4 Å². The van der Waals surface area contributed by atoms with Gasteiger partial charge in [0.05, 0.1) is 29.1 Å². The number of halogens is 6. The van der Waals surface area contributed by atoms with E-state index < -0.39 is 55.2 Å². The topological polar surface area (TPSA) is 114 Å². The van der Waals surface area contributed by atoms with Crippen LogP contribution in [0.2, 0.25) is 0 Å². The maximum Gasteiger partial charge on any atom is 0.399 e. The Labute approximate surface area is 276 Å². The number of alkyl halides is 5. The molecule has 1 amide bonds. The minimum Gasteiger partial charge on any atom is -0.488 e. The largest absolute Gasteiger partial charge is 0.488 e. The highest BCUT2D eigenvalue weighted by molar-refractivity contribution is 5.88. The van der Waals surface area contributed by atoms with Crippen molar-refractivity contribution in [1.82, 2.24) is 39.3 Å². The van der Waals surface area contributed by atoms with Crippen LogP contribution in [0.1, 0.15) is 43.7 Å². The highest BCUT2D eigenvalue weighted by Crippen LogP contribution is 2.47. The predicted octanol–water partition coefficient (Wildman–Crippen LogP) is 5.03. The molecule has 1 atom stereocenters. The molecule has 2 saturated heterocycles. The van der Waals surface area contributed by atoms with Gasteiger partial charge in [0.1, 0.15) is 46.7 Å². The highest BCUT2D eigenvalue weighted by atomic mass is 19.4. The van der Waals surface area contributed by atoms with Crippen LogP contribution in [0, 0.1) is 18.2 Å². The molecule has 5 heterocycles. The van der Waals surface area contributed by atoms with Crippen LogP contribution in [-0.2, 0) is 10.4 Å². The number of likely N-dealkylation sites (tertiary alicyclic amines) is 2. The van der Waals surface area contributed by atoms with Gasteiger partial charge < -0.3 is 19.6 Å². The van der Waals surface area contributed by atoms with Gasteiger partial charge in [-0.25, -0.2) is 14.1 Å². The number of amides is 1. The SMILES string of the molecule is C=CC(=O)N1CC(CN2CCC(n3nnc(-c4cc(OCC(C)(O)c5ccc(F)cn5)c5c(c4)ncn5C(F)F)c3C)CC2)(C(F)(F)F)C1. The van der Waals surface area contributed by atoms with E-state index in [0.717, 1.165) is 29.6 Å². The Kier molecular flexibility index (Phi) is 8.94. The van der Waals surface area contributed by atoms with E-state index in [1.54, 1.807) is 22.6 Å². The lowest BCUT2D eigenvalue weighted by atomic mass is 9.77. The molecule has 1 unspecified atom stereocenters. The first-order valence-corrected chi connectivity index (χ1v) is 15.5. The first-order valence-electron chi connectivity index (χ1n) is 15.5. The Morgan fingerprint density at radius 2 is 1.90 bits per heavy atom. The van der Waals surface area contributed by atoms with Gasteiger partial charge in [0.25, 0.3) is 0 Å². The molecule has 0 spiro atoms. The molecule has 0 bridgehead atoms. The van der Waals surface area contributed by atoms with Crippen LogP contribution >= 0.6 is 0 Å². The van der Waals surface area contributed by atoms with Gasteiger partial charge >= 0.3 is 12.7 Å². The fourth-order valence-corrected chi connectivity index (χ4v) is 6.56. The van der Waals surface area contributed by atoms with E-state index in [0.29, 0.717) is 47.4 Å². The molecule has 6 rings (SSSR count). The number of aromatic nitrogens is 6. The molecule has 0 saturated carbocycles. The molecule has 49 heavy (non-hydrogen) atoms. The van der Waals surface area contributed by atoms with Gasteiger partial charge in [0.2, 0.25) is 5.91 Å². The van der Waals surface area contributed by atoms with Crippen LogP contribution in [0.4, 0.5) is 26.3 Å². The molecule has 2 aliphatic rings. The molecule has 17 heteroatoms. The second kappa shape index (κ2) is 12.7. The van der Waals surface area contributed by atoms with Gasteiger partial charge in [-0.15, -0.1) is 5.10 Å². The standard InChI is InChI=1S/C32H34F6N8O3/c1-4-26(47)44-15-31(16-44,32(36,37)38)14-43-9-7-22(8-10-43)46-19(2)27(41-42-46)20-11-23-28(45(18-40-23)29(34)35)24(12-20)49-17-30(3,48)25-6-5-21(33)13-39-25/h4-6,11-13,18,22,29,48H,1,7-10,14-17H2,2-3H3. The predicted molar refractivity (Wildman–Crippen MR) is 164 cm³/mol. The van der Waals surface area contributed by atoms with E-state index in [4.69, 9.17) is 4.74 Å². The monoisotopic (exact) mass is 692 g/mol. The third-order valence-corrected chi connectivity index (χ3v) is 9.34.